The summed E-state index contributed by atoms with van der Waals surface area (Å²) in [5.74, 6) is 1.56. The van der Waals surface area contributed by atoms with Gasteiger partial charge in [0.2, 0.25) is 0 Å². The minimum absolute atomic E-state index is 0.578. The van der Waals surface area contributed by atoms with Gasteiger partial charge in [-0.3, -0.25) is 0 Å². The Morgan fingerprint density at radius 2 is 1.95 bits per heavy atom. The molecule has 1 aromatic carbocycles. The summed E-state index contributed by atoms with van der Waals surface area (Å²) in [6, 6.07) is 9.61. The van der Waals surface area contributed by atoms with Gasteiger partial charge in [0.05, 0.1) is 0 Å². The van der Waals surface area contributed by atoms with Gasteiger partial charge in [-0.05, 0) is 68.8 Å². The van der Waals surface area contributed by atoms with Crippen molar-refractivity contribution in [2.24, 2.45) is 5.92 Å². The molecule has 3 unspecified atom stereocenters. The number of benzene rings is 1. The second kappa shape index (κ2) is 6.28. The van der Waals surface area contributed by atoms with Crippen LogP contribution in [0, 0.1) is 5.92 Å². The monoisotopic (exact) mass is 272 g/mol. The van der Waals surface area contributed by atoms with Gasteiger partial charge in [0.15, 0.2) is 0 Å². The molecule has 1 N–H and O–H groups in total. The summed E-state index contributed by atoms with van der Waals surface area (Å²) in [4.78, 5) is 2.48. The highest BCUT2D eigenvalue weighted by Gasteiger charge is 2.25. The van der Waals surface area contributed by atoms with E-state index >= 15 is 0 Å². The number of hydrogen-bond acceptors (Lipinski definition) is 2. The average Bonchev–Trinajstić information content (AvgIpc) is 2.47. The van der Waals surface area contributed by atoms with E-state index in [0.29, 0.717) is 6.04 Å². The van der Waals surface area contributed by atoms with Crippen LogP contribution in [-0.2, 0) is 0 Å². The smallest absolute Gasteiger partial charge is 0.0323 e. The number of piperidine rings is 1. The minimum Gasteiger partial charge on any atom is -0.310 e. The van der Waals surface area contributed by atoms with Crippen molar-refractivity contribution in [3.05, 3.63) is 35.4 Å². The molecule has 1 fully saturated rings. The molecule has 3 rings (SSSR count). The molecule has 0 amide bonds. The van der Waals surface area contributed by atoms with E-state index in [1.807, 2.05) is 0 Å². The van der Waals surface area contributed by atoms with Crippen molar-refractivity contribution in [3.63, 3.8) is 0 Å². The van der Waals surface area contributed by atoms with Crippen molar-refractivity contribution in [3.8, 4) is 0 Å². The van der Waals surface area contributed by atoms with E-state index in [2.05, 4.69) is 48.5 Å². The van der Waals surface area contributed by atoms with Crippen molar-refractivity contribution >= 4 is 0 Å². The third kappa shape index (κ3) is 3.07. The van der Waals surface area contributed by atoms with E-state index in [1.54, 1.807) is 11.1 Å². The highest BCUT2D eigenvalue weighted by atomic mass is 15.1. The molecule has 1 aliphatic heterocycles. The quantitative estimate of drug-likeness (QED) is 0.905. The molecule has 0 aromatic heterocycles. The molecule has 2 heteroatoms. The maximum absolute atomic E-state index is 3.86. The second-order valence-corrected chi connectivity index (χ2v) is 6.84. The van der Waals surface area contributed by atoms with Crippen LogP contribution in [0.2, 0.25) is 0 Å². The highest BCUT2D eigenvalue weighted by molar-refractivity contribution is 5.34. The van der Waals surface area contributed by atoms with Gasteiger partial charge < -0.3 is 10.2 Å². The third-order valence-corrected chi connectivity index (χ3v) is 5.17. The summed E-state index contributed by atoms with van der Waals surface area (Å²) >= 11 is 0. The van der Waals surface area contributed by atoms with Gasteiger partial charge in [-0.2, -0.15) is 0 Å². The first-order chi connectivity index (χ1) is 9.74. The van der Waals surface area contributed by atoms with Crippen LogP contribution in [0.5, 0.6) is 0 Å². The zero-order valence-corrected chi connectivity index (χ0v) is 12.9. The second-order valence-electron chi connectivity index (χ2n) is 6.84. The van der Waals surface area contributed by atoms with Crippen molar-refractivity contribution in [1.29, 1.82) is 0 Å². The Kier molecular flexibility index (Phi) is 4.42. The Morgan fingerprint density at radius 3 is 2.75 bits per heavy atom. The summed E-state index contributed by atoms with van der Waals surface area (Å²) in [5.41, 5.74) is 3.12. The van der Waals surface area contributed by atoms with E-state index < -0.39 is 0 Å². The van der Waals surface area contributed by atoms with E-state index in [4.69, 9.17) is 0 Å². The van der Waals surface area contributed by atoms with Gasteiger partial charge in [0, 0.05) is 12.6 Å². The van der Waals surface area contributed by atoms with Gasteiger partial charge in [0.1, 0.15) is 0 Å². The van der Waals surface area contributed by atoms with Crippen molar-refractivity contribution < 1.29 is 0 Å². The van der Waals surface area contributed by atoms with E-state index in [0.717, 1.165) is 11.8 Å². The van der Waals surface area contributed by atoms with Gasteiger partial charge in [-0.25, -0.2) is 0 Å². The normalized spacial score (nSPS) is 31.0. The molecular weight excluding hydrogens is 244 g/mol. The first-order valence-corrected chi connectivity index (χ1v) is 8.25. The molecule has 110 valence electrons. The SMILES string of the molecule is CC1CCC(NCC2CCCN(C)C2)c2ccccc21. The molecule has 2 nitrogen and oxygen atoms in total. The van der Waals surface area contributed by atoms with Crippen LogP contribution in [0.3, 0.4) is 0 Å². The molecule has 0 saturated carbocycles. The third-order valence-electron chi connectivity index (χ3n) is 5.17. The van der Waals surface area contributed by atoms with Crippen LogP contribution in [0.4, 0.5) is 0 Å². The Morgan fingerprint density at radius 1 is 1.15 bits per heavy atom. The van der Waals surface area contributed by atoms with Crippen LogP contribution < -0.4 is 5.32 Å². The molecular formula is C18H28N2. The summed E-state index contributed by atoms with van der Waals surface area (Å²) in [6.45, 7) is 6.08. The maximum Gasteiger partial charge on any atom is 0.0323 e. The lowest BCUT2D eigenvalue weighted by atomic mass is 9.81. The first-order valence-electron chi connectivity index (χ1n) is 8.25. The zero-order valence-electron chi connectivity index (χ0n) is 12.9. The topological polar surface area (TPSA) is 15.3 Å². The summed E-state index contributed by atoms with van der Waals surface area (Å²) in [7, 11) is 2.25. The molecule has 20 heavy (non-hydrogen) atoms. The number of rotatable bonds is 3. The molecule has 3 atom stereocenters. The number of nitrogens with zero attached hydrogens (tertiary/aromatic N) is 1. The first kappa shape index (κ1) is 14.1. The van der Waals surface area contributed by atoms with Crippen molar-refractivity contribution in [2.75, 3.05) is 26.7 Å². The van der Waals surface area contributed by atoms with Gasteiger partial charge >= 0.3 is 0 Å². The largest absolute Gasteiger partial charge is 0.310 e. The van der Waals surface area contributed by atoms with Gasteiger partial charge in [0.25, 0.3) is 0 Å². The Labute approximate surface area is 123 Å². The van der Waals surface area contributed by atoms with Crippen LogP contribution >= 0.6 is 0 Å². The van der Waals surface area contributed by atoms with Crippen molar-refractivity contribution in [1.82, 2.24) is 10.2 Å². The van der Waals surface area contributed by atoms with Crippen LogP contribution in [-0.4, -0.2) is 31.6 Å². The maximum atomic E-state index is 3.86. The number of likely N-dealkylation sites (tertiary alicyclic amines) is 1. The molecule has 0 bridgehead atoms. The fraction of sp³-hybridized carbons (Fsp3) is 0.667. The van der Waals surface area contributed by atoms with Crippen LogP contribution in [0.15, 0.2) is 24.3 Å². The molecule has 1 heterocycles. The lowest BCUT2D eigenvalue weighted by Crippen LogP contribution is -2.39. The number of fused-ring (bicyclic) bond motifs is 1. The van der Waals surface area contributed by atoms with E-state index in [-0.39, 0.29) is 0 Å². The van der Waals surface area contributed by atoms with E-state index in [1.165, 1.54) is 45.3 Å². The Bertz CT molecular complexity index is 443. The molecule has 0 radical (unpaired) electrons. The average molecular weight is 272 g/mol. The predicted octanol–water partition coefficient (Wildman–Crippen LogP) is 3.56. The van der Waals surface area contributed by atoms with Crippen LogP contribution in [0.25, 0.3) is 0 Å². The minimum atomic E-state index is 0.578. The van der Waals surface area contributed by atoms with Gasteiger partial charge in [-0.15, -0.1) is 0 Å². The number of hydrogen-bond donors (Lipinski definition) is 1. The molecule has 1 aromatic rings. The van der Waals surface area contributed by atoms with Gasteiger partial charge in [-0.1, -0.05) is 31.2 Å². The summed E-state index contributed by atoms with van der Waals surface area (Å²) in [5, 5.41) is 3.86. The molecule has 2 aliphatic rings. The van der Waals surface area contributed by atoms with Crippen LogP contribution in [0.1, 0.15) is 55.7 Å². The number of nitrogens with one attached hydrogen (secondary N) is 1. The zero-order chi connectivity index (χ0) is 13.9. The summed E-state index contributed by atoms with van der Waals surface area (Å²) in [6.07, 6.45) is 5.36. The Hall–Kier alpha value is -0.860. The highest BCUT2D eigenvalue weighted by Crippen LogP contribution is 2.37. The lowest BCUT2D eigenvalue weighted by Gasteiger charge is -2.34. The Balaban J connectivity index is 1.62. The molecule has 1 saturated heterocycles. The predicted molar refractivity (Wildman–Crippen MR) is 85.1 cm³/mol. The standard InChI is InChI=1S/C18H28N2/c1-14-9-10-18(17-8-4-3-7-16(14)17)19-12-15-6-5-11-20(2)13-15/h3-4,7-8,14-15,18-19H,5-6,9-13H2,1-2H3. The lowest BCUT2D eigenvalue weighted by molar-refractivity contribution is 0.201. The van der Waals surface area contributed by atoms with Crippen molar-refractivity contribution in [2.45, 2.75) is 44.6 Å². The fourth-order valence-electron chi connectivity index (χ4n) is 3.97. The summed E-state index contributed by atoms with van der Waals surface area (Å²) < 4.78 is 0. The molecule has 1 aliphatic carbocycles. The molecule has 0 spiro atoms. The fourth-order valence-corrected chi connectivity index (χ4v) is 3.97. The van der Waals surface area contributed by atoms with E-state index in [9.17, 15) is 0 Å².